The lowest BCUT2D eigenvalue weighted by atomic mass is 10.1. The molecule has 0 saturated carbocycles. The van der Waals surface area contributed by atoms with Crippen LogP contribution in [0.3, 0.4) is 0 Å². The highest BCUT2D eigenvalue weighted by Crippen LogP contribution is 2.13. The molecule has 1 aromatic rings. The molecule has 1 rings (SSSR count). The van der Waals surface area contributed by atoms with E-state index in [1.54, 1.807) is 14.2 Å². The van der Waals surface area contributed by atoms with E-state index >= 15 is 0 Å². The molecular formula is C12H19BrO2. The largest absolute Gasteiger partial charge is 0.356 e. The lowest BCUT2D eigenvalue weighted by molar-refractivity contribution is -0.100. The Bertz CT molecular complexity index is 260. The number of ether oxygens (including phenoxy) is 2. The molecule has 0 bridgehead atoms. The van der Waals surface area contributed by atoms with E-state index < -0.39 is 0 Å². The molecule has 0 saturated heterocycles. The van der Waals surface area contributed by atoms with Crippen LogP contribution in [0.15, 0.2) is 28.7 Å². The van der Waals surface area contributed by atoms with Gasteiger partial charge in [-0.25, -0.2) is 0 Å². The third-order valence-electron chi connectivity index (χ3n) is 1.82. The molecular weight excluding hydrogens is 256 g/mol. The third kappa shape index (κ3) is 5.92. The van der Waals surface area contributed by atoms with Gasteiger partial charge in [-0.15, -0.1) is 0 Å². The van der Waals surface area contributed by atoms with Crippen LogP contribution in [0, 0.1) is 0 Å². The number of rotatable bonds is 4. The molecule has 1 aromatic carbocycles. The second kappa shape index (κ2) is 8.89. The predicted molar refractivity (Wildman–Crippen MR) is 67.0 cm³/mol. The topological polar surface area (TPSA) is 18.5 Å². The van der Waals surface area contributed by atoms with Crippen molar-refractivity contribution in [2.24, 2.45) is 0 Å². The van der Waals surface area contributed by atoms with Gasteiger partial charge < -0.3 is 9.47 Å². The average Bonchev–Trinajstić information content (AvgIpc) is 2.29. The van der Waals surface area contributed by atoms with Crippen LogP contribution in [0.5, 0.6) is 0 Å². The van der Waals surface area contributed by atoms with Crippen molar-refractivity contribution in [3.05, 3.63) is 34.3 Å². The molecule has 0 radical (unpaired) electrons. The molecule has 2 nitrogen and oxygen atoms in total. The molecule has 0 fully saturated rings. The zero-order valence-electron chi connectivity index (χ0n) is 9.79. The number of halogens is 1. The Morgan fingerprint density at radius 1 is 1.20 bits per heavy atom. The molecule has 0 aliphatic heterocycles. The highest BCUT2D eigenvalue weighted by molar-refractivity contribution is 9.10. The molecule has 86 valence electrons. The van der Waals surface area contributed by atoms with E-state index in [1.807, 2.05) is 26.0 Å². The Labute approximate surface area is 101 Å². The van der Waals surface area contributed by atoms with E-state index in [-0.39, 0.29) is 6.29 Å². The van der Waals surface area contributed by atoms with E-state index in [4.69, 9.17) is 9.47 Å². The minimum atomic E-state index is -0.158. The number of benzene rings is 1. The van der Waals surface area contributed by atoms with Crippen LogP contribution >= 0.6 is 15.9 Å². The van der Waals surface area contributed by atoms with Crippen LogP contribution in [0.2, 0.25) is 0 Å². The van der Waals surface area contributed by atoms with Crippen molar-refractivity contribution in [2.75, 3.05) is 14.2 Å². The lowest BCUT2D eigenvalue weighted by Gasteiger charge is -2.12. The first-order chi connectivity index (χ1) is 7.26. The summed E-state index contributed by atoms with van der Waals surface area (Å²) in [6.45, 7) is 4.00. The SMILES string of the molecule is CC.COC(Cc1cccc(Br)c1)OC. The van der Waals surface area contributed by atoms with E-state index in [0.717, 1.165) is 10.9 Å². The van der Waals surface area contributed by atoms with Gasteiger partial charge >= 0.3 is 0 Å². The number of hydrogen-bond acceptors (Lipinski definition) is 2. The second-order valence-corrected chi connectivity index (χ2v) is 3.65. The molecule has 3 heteroatoms. The smallest absolute Gasteiger partial charge is 0.160 e. The van der Waals surface area contributed by atoms with Crippen LogP contribution in [0.25, 0.3) is 0 Å². The average molecular weight is 275 g/mol. The molecule has 0 aliphatic rings. The number of hydrogen-bond donors (Lipinski definition) is 0. The van der Waals surface area contributed by atoms with Gasteiger partial charge in [0, 0.05) is 25.1 Å². The maximum absolute atomic E-state index is 5.11. The summed E-state index contributed by atoms with van der Waals surface area (Å²) in [5.74, 6) is 0. The van der Waals surface area contributed by atoms with E-state index in [1.165, 1.54) is 5.56 Å². The van der Waals surface area contributed by atoms with E-state index in [0.29, 0.717) is 0 Å². The summed E-state index contributed by atoms with van der Waals surface area (Å²) >= 11 is 3.41. The molecule has 0 unspecified atom stereocenters. The van der Waals surface area contributed by atoms with Crippen molar-refractivity contribution in [1.29, 1.82) is 0 Å². The van der Waals surface area contributed by atoms with Crippen molar-refractivity contribution in [2.45, 2.75) is 26.6 Å². The molecule has 0 amide bonds. The second-order valence-electron chi connectivity index (χ2n) is 2.74. The molecule has 0 N–H and O–H groups in total. The summed E-state index contributed by atoms with van der Waals surface area (Å²) in [6, 6.07) is 8.11. The minimum Gasteiger partial charge on any atom is -0.356 e. The molecule has 0 aliphatic carbocycles. The maximum atomic E-state index is 5.11. The van der Waals surface area contributed by atoms with Gasteiger partial charge in [-0.2, -0.15) is 0 Å². The molecule has 0 aromatic heterocycles. The van der Waals surface area contributed by atoms with Crippen LogP contribution < -0.4 is 0 Å². The van der Waals surface area contributed by atoms with Gasteiger partial charge in [0.05, 0.1) is 0 Å². The quantitative estimate of drug-likeness (QED) is 0.781. The first-order valence-corrected chi connectivity index (χ1v) is 5.85. The Morgan fingerprint density at radius 3 is 2.27 bits per heavy atom. The van der Waals surface area contributed by atoms with Gasteiger partial charge in [-0.1, -0.05) is 41.9 Å². The van der Waals surface area contributed by atoms with Crippen LogP contribution in [-0.2, 0) is 15.9 Å². The minimum absolute atomic E-state index is 0.158. The first-order valence-electron chi connectivity index (χ1n) is 5.06. The summed E-state index contributed by atoms with van der Waals surface area (Å²) in [5.41, 5.74) is 1.20. The summed E-state index contributed by atoms with van der Waals surface area (Å²) in [5, 5.41) is 0. The highest BCUT2D eigenvalue weighted by Gasteiger charge is 2.05. The van der Waals surface area contributed by atoms with E-state index in [9.17, 15) is 0 Å². The fourth-order valence-electron chi connectivity index (χ4n) is 1.12. The third-order valence-corrected chi connectivity index (χ3v) is 2.31. The zero-order valence-corrected chi connectivity index (χ0v) is 11.4. The van der Waals surface area contributed by atoms with Gasteiger partial charge in [-0.3, -0.25) is 0 Å². The summed E-state index contributed by atoms with van der Waals surface area (Å²) in [4.78, 5) is 0. The Kier molecular flexibility index (Phi) is 8.67. The van der Waals surface area contributed by atoms with Crippen molar-refractivity contribution >= 4 is 15.9 Å². The van der Waals surface area contributed by atoms with Gasteiger partial charge in [0.2, 0.25) is 0 Å². The first kappa shape index (κ1) is 14.6. The van der Waals surface area contributed by atoms with Gasteiger partial charge in [0.25, 0.3) is 0 Å². The Hall–Kier alpha value is -0.380. The summed E-state index contributed by atoms with van der Waals surface area (Å²) < 4.78 is 11.3. The summed E-state index contributed by atoms with van der Waals surface area (Å²) in [6.07, 6.45) is 0.612. The molecule has 0 spiro atoms. The van der Waals surface area contributed by atoms with Crippen molar-refractivity contribution < 1.29 is 9.47 Å². The van der Waals surface area contributed by atoms with Crippen LogP contribution in [-0.4, -0.2) is 20.5 Å². The normalized spacial score (nSPS) is 9.73. The fraction of sp³-hybridized carbons (Fsp3) is 0.500. The van der Waals surface area contributed by atoms with Gasteiger partial charge in [-0.05, 0) is 17.7 Å². The fourth-order valence-corrected chi connectivity index (χ4v) is 1.57. The Balaban J connectivity index is 0.000000921. The maximum Gasteiger partial charge on any atom is 0.160 e. The standard InChI is InChI=1S/C10H13BrO2.C2H6/c1-12-10(13-2)7-8-4-3-5-9(11)6-8;1-2/h3-6,10H,7H2,1-2H3;1-2H3. The molecule has 0 atom stereocenters. The number of methoxy groups -OCH3 is 2. The Morgan fingerprint density at radius 2 is 1.80 bits per heavy atom. The lowest BCUT2D eigenvalue weighted by Crippen LogP contribution is -2.15. The predicted octanol–water partition coefficient (Wildman–Crippen LogP) is 3.64. The van der Waals surface area contributed by atoms with Crippen LogP contribution in [0.4, 0.5) is 0 Å². The monoisotopic (exact) mass is 274 g/mol. The van der Waals surface area contributed by atoms with Crippen molar-refractivity contribution in [3.8, 4) is 0 Å². The zero-order chi connectivity index (χ0) is 11.7. The molecule has 0 heterocycles. The van der Waals surface area contributed by atoms with Crippen molar-refractivity contribution in [3.63, 3.8) is 0 Å². The van der Waals surface area contributed by atoms with Crippen molar-refractivity contribution in [1.82, 2.24) is 0 Å². The van der Waals surface area contributed by atoms with E-state index in [2.05, 4.69) is 28.1 Å². The summed E-state index contributed by atoms with van der Waals surface area (Å²) in [7, 11) is 3.29. The van der Waals surface area contributed by atoms with Gasteiger partial charge in [0.15, 0.2) is 6.29 Å². The molecule has 15 heavy (non-hydrogen) atoms. The van der Waals surface area contributed by atoms with Crippen LogP contribution in [0.1, 0.15) is 19.4 Å². The van der Waals surface area contributed by atoms with Gasteiger partial charge in [0.1, 0.15) is 0 Å². The highest BCUT2D eigenvalue weighted by atomic mass is 79.9.